The van der Waals surface area contributed by atoms with E-state index in [4.69, 9.17) is 14.2 Å². The van der Waals surface area contributed by atoms with Crippen LogP contribution in [0.25, 0.3) is 0 Å². The maximum atomic E-state index is 5.64. The van der Waals surface area contributed by atoms with Crippen LogP contribution in [-0.2, 0) is 16.1 Å². The molecule has 0 aliphatic rings. The van der Waals surface area contributed by atoms with E-state index in [9.17, 15) is 0 Å². The highest BCUT2D eigenvalue weighted by Crippen LogP contribution is 2.12. The average Bonchev–Trinajstić information content (AvgIpc) is 2.54. The Kier molecular flexibility index (Phi) is 9.25. The Labute approximate surface area is 128 Å². The van der Waals surface area contributed by atoms with E-state index in [-0.39, 0.29) is 6.10 Å². The van der Waals surface area contributed by atoms with Gasteiger partial charge in [-0.1, -0.05) is 37.3 Å². The topological polar surface area (TPSA) is 27.7 Å². The van der Waals surface area contributed by atoms with Crippen LogP contribution in [0.15, 0.2) is 49.1 Å². The first-order valence-corrected chi connectivity index (χ1v) is 7.40. The lowest BCUT2D eigenvalue weighted by molar-refractivity contribution is 0.105. The van der Waals surface area contributed by atoms with Crippen LogP contribution >= 0.6 is 0 Å². The third kappa shape index (κ3) is 7.69. The Hall–Kier alpha value is -1.58. The molecule has 0 radical (unpaired) electrons. The molecule has 0 unspecified atom stereocenters. The van der Waals surface area contributed by atoms with Crippen molar-refractivity contribution in [2.45, 2.75) is 32.5 Å². The molecule has 0 N–H and O–H groups in total. The zero-order chi connectivity index (χ0) is 15.3. The van der Waals surface area contributed by atoms with Crippen LogP contribution in [0.1, 0.15) is 25.3 Å². The minimum absolute atomic E-state index is 0.171. The van der Waals surface area contributed by atoms with Gasteiger partial charge in [-0.15, -0.1) is 6.58 Å². The highest BCUT2D eigenvalue weighted by Gasteiger charge is 1.99. The minimum Gasteiger partial charge on any atom is -0.497 e. The first kappa shape index (κ1) is 17.5. The summed E-state index contributed by atoms with van der Waals surface area (Å²) in [5.74, 6) is 0.867. The standard InChI is InChI=1S/C18H26O3/c1-4-13-21-17(5-2)8-6-7-14-20-15-16-9-11-18(19-3)12-10-16/h4,6,8-12,17H,1,5,7,13-15H2,2-3H3/b8-6+/t17-/m1/s1. The minimum atomic E-state index is 0.171. The zero-order valence-electron chi connectivity index (χ0n) is 13.1. The summed E-state index contributed by atoms with van der Waals surface area (Å²) in [7, 11) is 1.67. The largest absolute Gasteiger partial charge is 0.497 e. The predicted octanol–water partition coefficient (Wildman–Crippen LogP) is 4.14. The second-order valence-electron chi connectivity index (χ2n) is 4.69. The molecule has 1 aromatic rings. The molecule has 0 aliphatic carbocycles. The summed E-state index contributed by atoms with van der Waals surface area (Å²) < 4.78 is 16.3. The molecular formula is C18H26O3. The highest BCUT2D eigenvalue weighted by molar-refractivity contribution is 5.26. The van der Waals surface area contributed by atoms with Gasteiger partial charge in [-0.25, -0.2) is 0 Å². The molecule has 1 aromatic carbocycles. The van der Waals surface area contributed by atoms with E-state index in [1.54, 1.807) is 13.2 Å². The Bertz CT molecular complexity index is 409. The molecule has 0 amide bonds. The first-order chi connectivity index (χ1) is 10.3. The summed E-state index contributed by atoms with van der Waals surface area (Å²) in [6, 6.07) is 7.93. The molecule has 0 aliphatic heterocycles. The summed E-state index contributed by atoms with van der Waals surface area (Å²) in [5.41, 5.74) is 1.15. The van der Waals surface area contributed by atoms with Crippen molar-refractivity contribution in [2.24, 2.45) is 0 Å². The van der Waals surface area contributed by atoms with Crippen molar-refractivity contribution in [1.29, 1.82) is 0 Å². The molecule has 0 spiro atoms. The van der Waals surface area contributed by atoms with Crippen molar-refractivity contribution in [3.63, 3.8) is 0 Å². The zero-order valence-corrected chi connectivity index (χ0v) is 13.1. The van der Waals surface area contributed by atoms with Crippen LogP contribution in [-0.4, -0.2) is 26.4 Å². The summed E-state index contributed by atoms with van der Waals surface area (Å²) in [6.45, 7) is 7.69. The van der Waals surface area contributed by atoms with Gasteiger partial charge in [0.25, 0.3) is 0 Å². The van der Waals surface area contributed by atoms with E-state index in [0.29, 0.717) is 19.8 Å². The van der Waals surface area contributed by atoms with Crippen LogP contribution in [0.2, 0.25) is 0 Å². The fourth-order valence-electron chi connectivity index (χ4n) is 1.81. The molecule has 0 bridgehead atoms. The fourth-order valence-corrected chi connectivity index (χ4v) is 1.81. The molecule has 3 nitrogen and oxygen atoms in total. The lowest BCUT2D eigenvalue weighted by atomic mass is 10.2. The Morgan fingerprint density at radius 2 is 2.00 bits per heavy atom. The molecule has 21 heavy (non-hydrogen) atoms. The van der Waals surface area contributed by atoms with Crippen LogP contribution in [0.4, 0.5) is 0 Å². The first-order valence-electron chi connectivity index (χ1n) is 7.40. The van der Waals surface area contributed by atoms with Gasteiger partial charge in [0.2, 0.25) is 0 Å². The van der Waals surface area contributed by atoms with E-state index >= 15 is 0 Å². The fraction of sp³-hybridized carbons (Fsp3) is 0.444. The third-order valence-corrected chi connectivity index (χ3v) is 3.04. The monoisotopic (exact) mass is 290 g/mol. The van der Waals surface area contributed by atoms with E-state index in [1.807, 2.05) is 24.3 Å². The summed E-state index contributed by atoms with van der Waals surface area (Å²) in [5, 5.41) is 0. The average molecular weight is 290 g/mol. The Morgan fingerprint density at radius 1 is 1.24 bits per heavy atom. The van der Waals surface area contributed by atoms with Gasteiger partial charge in [-0.2, -0.15) is 0 Å². The lowest BCUT2D eigenvalue weighted by Gasteiger charge is -2.09. The van der Waals surface area contributed by atoms with Gasteiger partial charge in [0, 0.05) is 0 Å². The van der Waals surface area contributed by atoms with Gasteiger partial charge in [0.05, 0.1) is 33.0 Å². The van der Waals surface area contributed by atoms with Gasteiger partial charge in [-0.05, 0) is 30.5 Å². The summed E-state index contributed by atoms with van der Waals surface area (Å²) >= 11 is 0. The quantitative estimate of drug-likeness (QED) is 0.453. The van der Waals surface area contributed by atoms with E-state index < -0.39 is 0 Å². The van der Waals surface area contributed by atoms with Gasteiger partial charge in [-0.3, -0.25) is 0 Å². The Morgan fingerprint density at radius 3 is 2.62 bits per heavy atom. The Balaban J connectivity index is 2.16. The smallest absolute Gasteiger partial charge is 0.118 e. The third-order valence-electron chi connectivity index (χ3n) is 3.04. The SMILES string of the molecule is C=CCO[C@@H](/C=C/CCOCc1ccc(OC)cc1)CC. The van der Waals surface area contributed by atoms with Crippen molar-refractivity contribution in [3.05, 3.63) is 54.6 Å². The molecule has 1 atom stereocenters. The van der Waals surface area contributed by atoms with Crippen molar-refractivity contribution < 1.29 is 14.2 Å². The molecule has 3 heteroatoms. The number of rotatable bonds is 11. The van der Waals surface area contributed by atoms with Gasteiger partial charge >= 0.3 is 0 Å². The van der Waals surface area contributed by atoms with Gasteiger partial charge in [0.15, 0.2) is 0 Å². The highest BCUT2D eigenvalue weighted by atomic mass is 16.5. The molecular weight excluding hydrogens is 264 g/mol. The van der Waals surface area contributed by atoms with Crippen molar-refractivity contribution >= 4 is 0 Å². The van der Waals surface area contributed by atoms with Crippen LogP contribution < -0.4 is 4.74 Å². The lowest BCUT2D eigenvalue weighted by Crippen LogP contribution is -2.08. The van der Waals surface area contributed by atoms with Gasteiger partial charge < -0.3 is 14.2 Å². The number of hydrogen-bond acceptors (Lipinski definition) is 3. The van der Waals surface area contributed by atoms with E-state index in [0.717, 1.165) is 24.2 Å². The van der Waals surface area contributed by atoms with Crippen molar-refractivity contribution in [3.8, 4) is 5.75 Å². The van der Waals surface area contributed by atoms with Gasteiger partial charge in [0.1, 0.15) is 5.75 Å². The molecule has 0 saturated carbocycles. The van der Waals surface area contributed by atoms with E-state index in [1.165, 1.54) is 0 Å². The molecule has 0 aromatic heterocycles. The van der Waals surface area contributed by atoms with Crippen LogP contribution in [0, 0.1) is 0 Å². The normalized spacial score (nSPS) is 12.5. The maximum absolute atomic E-state index is 5.64. The van der Waals surface area contributed by atoms with Crippen molar-refractivity contribution in [2.75, 3.05) is 20.3 Å². The second-order valence-corrected chi connectivity index (χ2v) is 4.69. The number of methoxy groups -OCH3 is 1. The number of ether oxygens (including phenoxy) is 3. The molecule has 0 fully saturated rings. The molecule has 1 rings (SSSR count). The molecule has 0 heterocycles. The number of hydrogen-bond donors (Lipinski definition) is 0. The molecule has 116 valence electrons. The molecule has 0 saturated heterocycles. The summed E-state index contributed by atoms with van der Waals surface area (Å²) in [4.78, 5) is 0. The van der Waals surface area contributed by atoms with Crippen molar-refractivity contribution in [1.82, 2.24) is 0 Å². The number of benzene rings is 1. The van der Waals surface area contributed by atoms with E-state index in [2.05, 4.69) is 25.7 Å². The summed E-state index contributed by atoms with van der Waals surface area (Å²) in [6.07, 6.45) is 8.02. The van der Waals surface area contributed by atoms with Crippen LogP contribution in [0.5, 0.6) is 5.75 Å². The predicted molar refractivity (Wildman–Crippen MR) is 86.6 cm³/mol. The second kappa shape index (κ2) is 11.1. The van der Waals surface area contributed by atoms with Crippen LogP contribution in [0.3, 0.4) is 0 Å². The maximum Gasteiger partial charge on any atom is 0.118 e.